The molecular formula is C20H38IN7O2. The largest absolute Gasteiger partial charge is 0.444 e. The second-order valence-electron chi connectivity index (χ2n) is 8.02. The molecule has 10 heteroatoms. The van der Waals surface area contributed by atoms with Crippen LogP contribution in [0, 0.1) is 6.92 Å². The lowest BCUT2D eigenvalue weighted by atomic mass is 9.93. The molecule has 0 unspecified atom stereocenters. The number of nitrogens with one attached hydrogen (secondary N) is 3. The van der Waals surface area contributed by atoms with E-state index in [1.165, 1.54) is 0 Å². The van der Waals surface area contributed by atoms with E-state index >= 15 is 0 Å². The van der Waals surface area contributed by atoms with Gasteiger partial charge in [0.15, 0.2) is 11.8 Å². The molecule has 0 saturated carbocycles. The number of rotatable bonds is 9. The van der Waals surface area contributed by atoms with Crippen molar-refractivity contribution in [3.05, 3.63) is 24.3 Å². The van der Waals surface area contributed by atoms with Crippen molar-refractivity contribution in [1.82, 2.24) is 30.7 Å². The number of carbonyl (C=O) groups is 1. The molecule has 3 N–H and O–H groups in total. The molecule has 0 aliphatic carbocycles. The van der Waals surface area contributed by atoms with E-state index in [0.717, 1.165) is 24.5 Å². The summed E-state index contributed by atoms with van der Waals surface area (Å²) < 4.78 is 7.34. The van der Waals surface area contributed by atoms with E-state index in [0.29, 0.717) is 25.6 Å². The van der Waals surface area contributed by atoms with Crippen molar-refractivity contribution in [3.8, 4) is 0 Å². The molecule has 0 radical (unpaired) electrons. The minimum absolute atomic E-state index is 0. The molecule has 0 atom stereocenters. The maximum absolute atomic E-state index is 12.3. The summed E-state index contributed by atoms with van der Waals surface area (Å²) in [5, 5.41) is 17.7. The standard InChI is InChI=1S/C20H37N7O2.HI/c1-9-12-21-17(22-13-16-26-25-15(4)27(16)8)23-14-20(10-2,11-3)24-18(28)29-19(5,6)7;/h9H,1,10-14H2,2-8H3,(H,24,28)(H2,21,22,23);1H. The minimum atomic E-state index is -0.545. The van der Waals surface area contributed by atoms with Gasteiger partial charge in [-0.15, -0.1) is 40.8 Å². The van der Waals surface area contributed by atoms with Crippen molar-refractivity contribution in [2.45, 2.75) is 72.1 Å². The number of nitrogens with zero attached hydrogens (tertiary/aromatic N) is 4. The molecule has 0 spiro atoms. The maximum atomic E-state index is 12.3. The van der Waals surface area contributed by atoms with Gasteiger partial charge in [0.25, 0.3) is 0 Å². The molecule has 30 heavy (non-hydrogen) atoms. The lowest BCUT2D eigenvalue weighted by Crippen LogP contribution is -2.57. The fourth-order valence-corrected chi connectivity index (χ4v) is 2.58. The van der Waals surface area contributed by atoms with Gasteiger partial charge in [-0.1, -0.05) is 19.9 Å². The van der Waals surface area contributed by atoms with Gasteiger partial charge in [-0.05, 0) is 40.5 Å². The number of guanidine groups is 1. The van der Waals surface area contributed by atoms with Crippen LogP contribution in [0.2, 0.25) is 0 Å². The summed E-state index contributed by atoms with van der Waals surface area (Å²) in [6.07, 6.45) is 2.82. The van der Waals surface area contributed by atoms with Crippen LogP contribution in [-0.2, 0) is 18.3 Å². The van der Waals surface area contributed by atoms with Crippen LogP contribution in [0.4, 0.5) is 4.79 Å². The molecule has 0 saturated heterocycles. The Hall–Kier alpha value is -1.85. The van der Waals surface area contributed by atoms with Crippen molar-refractivity contribution in [2.24, 2.45) is 12.0 Å². The monoisotopic (exact) mass is 535 g/mol. The summed E-state index contributed by atoms with van der Waals surface area (Å²) in [6, 6.07) is 0. The first-order valence-corrected chi connectivity index (χ1v) is 10.0. The van der Waals surface area contributed by atoms with Crippen LogP contribution >= 0.6 is 24.0 Å². The Morgan fingerprint density at radius 2 is 1.87 bits per heavy atom. The van der Waals surface area contributed by atoms with Crippen LogP contribution < -0.4 is 16.0 Å². The highest BCUT2D eigenvalue weighted by molar-refractivity contribution is 14.0. The van der Waals surface area contributed by atoms with Gasteiger partial charge in [0.05, 0.1) is 5.54 Å². The third-order valence-electron chi connectivity index (χ3n) is 4.69. The second kappa shape index (κ2) is 12.8. The van der Waals surface area contributed by atoms with Crippen molar-refractivity contribution >= 4 is 36.0 Å². The van der Waals surface area contributed by atoms with E-state index in [9.17, 15) is 4.79 Å². The summed E-state index contributed by atoms with van der Waals surface area (Å²) in [6.45, 7) is 16.7. The molecule has 9 nitrogen and oxygen atoms in total. The highest BCUT2D eigenvalue weighted by Crippen LogP contribution is 2.16. The van der Waals surface area contributed by atoms with Gasteiger partial charge in [-0.25, -0.2) is 9.79 Å². The fraction of sp³-hybridized carbons (Fsp3) is 0.700. The molecule has 172 valence electrons. The lowest BCUT2D eigenvalue weighted by Gasteiger charge is -2.34. The first-order chi connectivity index (χ1) is 13.6. The van der Waals surface area contributed by atoms with Gasteiger partial charge in [-0.2, -0.15) is 0 Å². The quantitative estimate of drug-likeness (QED) is 0.194. The van der Waals surface area contributed by atoms with Gasteiger partial charge in [0.2, 0.25) is 0 Å². The molecule has 0 aliphatic heterocycles. The summed E-state index contributed by atoms with van der Waals surface area (Å²) in [5.74, 6) is 2.22. The minimum Gasteiger partial charge on any atom is -0.444 e. The Kier molecular flexibility index (Phi) is 12.0. The van der Waals surface area contributed by atoms with Crippen LogP contribution in [0.3, 0.4) is 0 Å². The SMILES string of the molecule is C=CCNC(=NCc1nnc(C)n1C)NCC(CC)(CC)NC(=O)OC(C)(C)C.I. The molecule has 0 fully saturated rings. The number of alkyl carbamates (subject to hydrolysis) is 1. The number of aryl methyl sites for hydroxylation is 1. The summed E-state index contributed by atoms with van der Waals surface area (Å²) in [4.78, 5) is 16.9. The number of hydrogen-bond acceptors (Lipinski definition) is 5. The number of halogens is 1. The van der Waals surface area contributed by atoms with Gasteiger partial charge in [-0.3, -0.25) is 0 Å². The Bertz CT molecular complexity index is 706. The summed E-state index contributed by atoms with van der Waals surface area (Å²) >= 11 is 0. The van der Waals surface area contributed by atoms with Crippen molar-refractivity contribution in [3.63, 3.8) is 0 Å². The van der Waals surface area contributed by atoms with Gasteiger partial charge < -0.3 is 25.3 Å². The van der Waals surface area contributed by atoms with Crippen LogP contribution in [0.25, 0.3) is 0 Å². The van der Waals surface area contributed by atoms with Crippen LogP contribution in [0.5, 0.6) is 0 Å². The highest BCUT2D eigenvalue weighted by Gasteiger charge is 2.30. The number of aliphatic imine (C=N–C) groups is 1. The molecular weight excluding hydrogens is 497 g/mol. The van der Waals surface area contributed by atoms with E-state index in [1.54, 1.807) is 6.08 Å². The predicted octanol–water partition coefficient (Wildman–Crippen LogP) is 3.05. The smallest absolute Gasteiger partial charge is 0.408 e. The van der Waals surface area contributed by atoms with Gasteiger partial charge in [0.1, 0.15) is 18.0 Å². The van der Waals surface area contributed by atoms with E-state index in [-0.39, 0.29) is 24.0 Å². The van der Waals surface area contributed by atoms with E-state index < -0.39 is 17.2 Å². The fourth-order valence-electron chi connectivity index (χ4n) is 2.58. The predicted molar refractivity (Wildman–Crippen MR) is 131 cm³/mol. The third-order valence-corrected chi connectivity index (χ3v) is 4.69. The van der Waals surface area contributed by atoms with E-state index in [1.807, 2.05) is 53.2 Å². The third kappa shape index (κ3) is 9.31. The van der Waals surface area contributed by atoms with Gasteiger partial charge >= 0.3 is 6.09 Å². The zero-order chi connectivity index (χ0) is 22.1. The lowest BCUT2D eigenvalue weighted by molar-refractivity contribution is 0.0448. The normalized spacial score (nSPS) is 12.0. The Morgan fingerprint density at radius 3 is 2.33 bits per heavy atom. The Balaban J connectivity index is 0.00000841. The van der Waals surface area contributed by atoms with Gasteiger partial charge in [0, 0.05) is 20.1 Å². The summed E-state index contributed by atoms with van der Waals surface area (Å²) in [7, 11) is 1.91. The van der Waals surface area contributed by atoms with Crippen LogP contribution in [0.15, 0.2) is 17.6 Å². The first-order valence-electron chi connectivity index (χ1n) is 10.0. The van der Waals surface area contributed by atoms with E-state index in [2.05, 4.69) is 37.7 Å². The van der Waals surface area contributed by atoms with Crippen LogP contribution in [-0.4, -0.2) is 51.0 Å². The van der Waals surface area contributed by atoms with Crippen molar-refractivity contribution < 1.29 is 9.53 Å². The number of amides is 1. The van der Waals surface area contributed by atoms with Crippen molar-refractivity contribution in [2.75, 3.05) is 13.1 Å². The number of carbonyl (C=O) groups excluding carboxylic acids is 1. The molecule has 0 aromatic carbocycles. The average molecular weight is 535 g/mol. The molecule has 0 bridgehead atoms. The second-order valence-corrected chi connectivity index (χ2v) is 8.02. The molecule has 1 heterocycles. The zero-order valence-electron chi connectivity index (χ0n) is 19.3. The topological polar surface area (TPSA) is 105 Å². The number of aromatic nitrogens is 3. The van der Waals surface area contributed by atoms with Crippen molar-refractivity contribution in [1.29, 1.82) is 0 Å². The average Bonchev–Trinajstić information content (AvgIpc) is 2.96. The zero-order valence-corrected chi connectivity index (χ0v) is 21.7. The molecule has 1 rings (SSSR count). The molecule has 0 aliphatic rings. The Morgan fingerprint density at radius 1 is 1.23 bits per heavy atom. The molecule has 1 amide bonds. The first kappa shape index (κ1) is 28.1. The molecule has 1 aromatic heterocycles. The number of ether oxygens (including phenoxy) is 1. The van der Waals surface area contributed by atoms with E-state index in [4.69, 9.17) is 4.74 Å². The summed E-state index contributed by atoms with van der Waals surface area (Å²) in [5.41, 5.74) is -1.00. The number of hydrogen-bond donors (Lipinski definition) is 3. The van der Waals surface area contributed by atoms with Crippen LogP contribution in [0.1, 0.15) is 59.1 Å². The molecule has 1 aromatic rings. The highest BCUT2D eigenvalue weighted by atomic mass is 127. The Labute approximate surface area is 197 Å². The maximum Gasteiger partial charge on any atom is 0.408 e.